The second-order valence-electron chi connectivity index (χ2n) is 5.74. The minimum absolute atomic E-state index is 0.181. The Bertz CT molecular complexity index is 409. The van der Waals surface area contributed by atoms with Gasteiger partial charge >= 0.3 is 0 Å². The normalized spacial score (nSPS) is 18.9. The van der Waals surface area contributed by atoms with Gasteiger partial charge in [0.05, 0.1) is 18.8 Å². The average molecular weight is 279 g/mol. The molecule has 5 nitrogen and oxygen atoms in total. The van der Waals surface area contributed by atoms with Crippen LogP contribution in [0.1, 0.15) is 31.6 Å². The number of furan rings is 1. The van der Waals surface area contributed by atoms with Crippen LogP contribution in [0, 0.1) is 0 Å². The molecule has 2 heterocycles. The molecule has 20 heavy (non-hydrogen) atoms. The maximum atomic E-state index is 11.7. The third kappa shape index (κ3) is 4.08. The van der Waals surface area contributed by atoms with Crippen molar-refractivity contribution in [3.63, 3.8) is 0 Å². The first-order chi connectivity index (χ1) is 9.56. The summed E-state index contributed by atoms with van der Waals surface area (Å²) in [6, 6.07) is 4.66. The first kappa shape index (κ1) is 15.1. The summed E-state index contributed by atoms with van der Waals surface area (Å²) in [5, 5.41) is 3.60. The van der Waals surface area contributed by atoms with Crippen molar-refractivity contribution in [1.82, 2.24) is 15.1 Å². The fourth-order valence-corrected chi connectivity index (χ4v) is 2.56. The number of hydrogen-bond acceptors (Lipinski definition) is 4. The number of likely N-dealkylation sites (N-methyl/N-ethyl adjacent to an activating group) is 1. The van der Waals surface area contributed by atoms with Crippen LogP contribution in [0.15, 0.2) is 22.8 Å². The number of nitrogens with zero attached hydrogens (tertiary/aromatic N) is 2. The Morgan fingerprint density at radius 2 is 2.20 bits per heavy atom. The van der Waals surface area contributed by atoms with Crippen molar-refractivity contribution in [2.24, 2.45) is 0 Å². The van der Waals surface area contributed by atoms with Crippen LogP contribution in [0.2, 0.25) is 0 Å². The third-order valence-corrected chi connectivity index (χ3v) is 3.90. The molecule has 0 aliphatic carbocycles. The summed E-state index contributed by atoms with van der Waals surface area (Å²) in [4.78, 5) is 15.6. The van der Waals surface area contributed by atoms with Crippen molar-refractivity contribution in [3.8, 4) is 0 Å². The van der Waals surface area contributed by atoms with Gasteiger partial charge in [-0.25, -0.2) is 0 Å². The first-order valence-electron chi connectivity index (χ1n) is 7.28. The van der Waals surface area contributed by atoms with E-state index < -0.39 is 0 Å². The van der Waals surface area contributed by atoms with Gasteiger partial charge in [0.2, 0.25) is 5.91 Å². The third-order valence-electron chi connectivity index (χ3n) is 3.90. The highest BCUT2D eigenvalue weighted by Gasteiger charge is 2.23. The standard InChI is InChI=1S/C15H25N3O2/c1-12(14-5-4-10-20-14)16-13-6-8-18(9-7-13)11-15(19)17(2)3/h4-5,10,12-13,16H,6-9,11H2,1-3H3/t12-/m0/s1. The van der Waals surface area contributed by atoms with Crippen molar-refractivity contribution in [1.29, 1.82) is 0 Å². The van der Waals surface area contributed by atoms with Crippen molar-refractivity contribution >= 4 is 5.91 Å². The molecule has 1 atom stereocenters. The second kappa shape index (κ2) is 6.90. The van der Waals surface area contributed by atoms with Crippen LogP contribution in [-0.4, -0.2) is 55.5 Å². The molecule has 0 saturated carbocycles. The number of amides is 1. The van der Waals surface area contributed by atoms with E-state index in [2.05, 4.69) is 17.1 Å². The monoisotopic (exact) mass is 279 g/mol. The molecule has 0 aromatic carbocycles. The Labute approximate surface area is 120 Å². The van der Waals surface area contributed by atoms with Gasteiger partial charge in [0.1, 0.15) is 5.76 Å². The molecule has 1 aliphatic heterocycles. The number of rotatable bonds is 5. The zero-order valence-electron chi connectivity index (χ0n) is 12.6. The molecule has 1 amide bonds. The van der Waals surface area contributed by atoms with E-state index in [-0.39, 0.29) is 11.9 Å². The van der Waals surface area contributed by atoms with Gasteiger partial charge in [-0.3, -0.25) is 9.69 Å². The molecule has 0 spiro atoms. The van der Waals surface area contributed by atoms with Crippen molar-refractivity contribution in [2.45, 2.75) is 31.8 Å². The fraction of sp³-hybridized carbons (Fsp3) is 0.667. The summed E-state index contributed by atoms with van der Waals surface area (Å²) in [7, 11) is 3.61. The Morgan fingerprint density at radius 1 is 1.50 bits per heavy atom. The number of carbonyl (C=O) groups is 1. The molecule has 0 radical (unpaired) electrons. The minimum atomic E-state index is 0.181. The van der Waals surface area contributed by atoms with E-state index in [4.69, 9.17) is 4.42 Å². The Morgan fingerprint density at radius 3 is 2.75 bits per heavy atom. The summed E-state index contributed by atoms with van der Waals surface area (Å²) >= 11 is 0. The molecule has 1 fully saturated rings. The summed E-state index contributed by atoms with van der Waals surface area (Å²) in [6.07, 6.45) is 3.86. The predicted molar refractivity (Wildman–Crippen MR) is 78.4 cm³/mol. The van der Waals surface area contributed by atoms with E-state index in [0.717, 1.165) is 31.7 Å². The van der Waals surface area contributed by atoms with Gasteiger partial charge < -0.3 is 14.6 Å². The van der Waals surface area contributed by atoms with Crippen LogP contribution in [-0.2, 0) is 4.79 Å². The summed E-state index contributed by atoms with van der Waals surface area (Å²) in [5.41, 5.74) is 0. The van der Waals surface area contributed by atoms with Gasteiger partial charge in [0.15, 0.2) is 0 Å². The SMILES string of the molecule is C[C@H](NC1CCN(CC(=O)N(C)C)CC1)c1ccco1. The molecule has 1 aromatic heterocycles. The average Bonchev–Trinajstić information content (AvgIpc) is 2.95. The molecule has 1 N–H and O–H groups in total. The molecular weight excluding hydrogens is 254 g/mol. The van der Waals surface area contributed by atoms with E-state index in [9.17, 15) is 4.79 Å². The molecule has 0 unspecified atom stereocenters. The topological polar surface area (TPSA) is 48.7 Å². The highest BCUT2D eigenvalue weighted by molar-refractivity contribution is 5.77. The quantitative estimate of drug-likeness (QED) is 0.887. The van der Waals surface area contributed by atoms with Gasteiger partial charge in [-0.2, -0.15) is 0 Å². The molecular formula is C15H25N3O2. The summed E-state index contributed by atoms with van der Waals surface area (Å²) in [6.45, 7) is 4.61. The lowest BCUT2D eigenvalue weighted by molar-refractivity contribution is -0.130. The Balaban J connectivity index is 1.73. The van der Waals surface area contributed by atoms with Gasteiger partial charge in [-0.15, -0.1) is 0 Å². The van der Waals surface area contributed by atoms with Crippen molar-refractivity contribution < 1.29 is 9.21 Å². The fourth-order valence-electron chi connectivity index (χ4n) is 2.56. The lowest BCUT2D eigenvalue weighted by atomic mass is 10.0. The maximum absolute atomic E-state index is 11.7. The maximum Gasteiger partial charge on any atom is 0.236 e. The van der Waals surface area contributed by atoms with Crippen LogP contribution in [0.4, 0.5) is 0 Å². The minimum Gasteiger partial charge on any atom is -0.468 e. The number of carbonyl (C=O) groups excluding carboxylic acids is 1. The zero-order valence-corrected chi connectivity index (χ0v) is 12.6. The predicted octanol–water partition coefficient (Wildman–Crippen LogP) is 1.48. The molecule has 1 aliphatic rings. The van der Waals surface area contributed by atoms with E-state index in [1.54, 1.807) is 11.2 Å². The number of likely N-dealkylation sites (tertiary alicyclic amines) is 1. The number of hydrogen-bond donors (Lipinski definition) is 1. The highest BCUT2D eigenvalue weighted by Crippen LogP contribution is 2.17. The molecule has 5 heteroatoms. The van der Waals surface area contributed by atoms with Crippen molar-refractivity contribution in [3.05, 3.63) is 24.2 Å². The largest absolute Gasteiger partial charge is 0.468 e. The molecule has 2 rings (SSSR count). The van der Waals surface area contributed by atoms with Gasteiger partial charge in [-0.05, 0) is 31.9 Å². The molecule has 1 saturated heterocycles. The van der Waals surface area contributed by atoms with E-state index in [0.29, 0.717) is 12.6 Å². The Kier molecular flexibility index (Phi) is 5.20. The number of nitrogens with one attached hydrogen (secondary N) is 1. The lowest BCUT2D eigenvalue weighted by Gasteiger charge is -2.33. The second-order valence-corrected chi connectivity index (χ2v) is 5.74. The smallest absolute Gasteiger partial charge is 0.236 e. The lowest BCUT2D eigenvalue weighted by Crippen LogP contribution is -2.46. The van der Waals surface area contributed by atoms with E-state index in [1.807, 2.05) is 26.2 Å². The van der Waals surface area contributed by atoms with Crippen LogP contribution in [0.5, 0.6) is 0 Å². The van der Waals surface area contributed by atoms with Gasteiger partial charge in [-0.1, -0.05) is 0 Å². The molecule has 1 aromatic rings. The van der Waals surface area contributed by atoms with E-state index >= 15 is 0 Å². The van der Waals surface area contributed by atoms with Crippen LogP contribution in [0.25, 0.3) is 0 Å². The molecule has 112 valence electrons. The van der Waals surface area contributed by atoms with Crippen LogP contribution in [0.3, 0.4) is 0 Å². The summed E-state index contributed by atoms with van der Waals surface area (Å²) < 4.78 is 5.41. The highest BCUT2D eigenvalue weighted by atomic mass is 16.3. The number of piperidine rings is 1. The van der Waals surface area contributed by atoms with E-state index in [1.165, 1.54) is 0 Å². The van der Waals surface area contributed by atoms with Gasteiger partial charge in [0, 0.05) is 33.2 Å². The Hall–Kier alpha value is -1.33. The van der Waals surface area contributed by atoms with Crippen LogP contribution >= 0.6 is 0 Å². The summed E-state index contributed by atoms with van der Waals surface area (Å²) in [5.74, 6) is 1.16. The first-order valence-corrected chi connectivity index (χ1v) is 7.28. The van der Waals surface area contributed by atoms with Gasteiger partial charge in [0.25, 0.3) is 0 Å². The van der Waals surface area contributed by atoms with Crippen LogP contribution < -0.4 is 5.32 Å². The zero-order chi connectivity index (χ0) is 14.5. The molecule has 0 bridgehead atoms. The van der Waals surface area contributed by atoms with Crippen molar-refractivity contribution in [2.75, 3.05) is 33.7 Å².